The number of carbonyl (C=O) groups is 1. The molecule has 1 amide bonds. The molecule has 34 heavy (non-hydrogen) atoms. The molecule has 0 spiro atoms. The number of primary amides is 1. The maximum absolute atomic E-state index is 14.7. The topological polar surface area (TPSA) is 131 Å². The average molecular weight is 468 g/mol. The molecule has 4 rings (SSSR count). The number of nitrogens with two attached hydrogens (primary N) is 1. The van der Waals surface area contributed by atoms with Crippen LogP contribution in [-0.2, 0) is 0 Å². The number of amides is 1. The number of aromatic amines is 1. The summed E-state index contributed by atoms with van der Waals surface area (Å²) in [5.41, 5.74) is 6.20. The number of hydrogen-bond donors (Lipinski definition) is 2. The van der Waals surface area contributed by atoms with Crippen molar-refractivity contribution >= 4 is 16.9 Å². The van der Waals surface area contributed by atoms with Gasteiger partial charge < -0.3 is 29.7 Å². The van der Waals surface area contributed by atoms with Crippen LogP contribution in [0.15, 0.2) is 41.3 Å². The van der Waals surface area contributed by atoms with Gasteiger partial charge in [-0.3, -0.25) is 9.36 Å². The fraction of sp³-hybridized carbons (Fsp3) is 0.174. The molecule has 0 radical (unpaired) electrons. The van der Waals surface area contributed by atoms with Crippen molar-refractivity contribution in [1.29, 1.82) is 0 Å². The Kier molecular flexibility index (Phi) is 5.84. The predicted octanol–water partition coefficient (Wildman–Crippen LogP) is 2.65. The summed E-state index contributed by atoms with van der Waals surface area (Å²) in [7, 11) is 5.63. The number of H-pyrrole nitrogens is 1. The fourth-order valence-corrected chi connectivity index (χ4v) is 3.88. The molecule has 2 aromatic carbocycles. The highest BCUT2D eigenvalue weighted by molar-refractivity contribution is 6.02. The monoisotopic (exact) mass is 468 g/mol. The lowest BCUT2D eigenvalue weighted by molar-refractivity contribution is 0.0997. The van der Waals surface area contributed by atoms with E-state index in [1.807, 2.05) is 0 Å². The number of halogens is 1. The van der Waals surface area contributed by atoms with E-state index in [1.165, 1.54) is 51.3 Å². The molecule has 0 aliphatic rings. The van der Waals surface area contributed by atoms with Gasteiger partial charge in [0.25, 0.3) is 5.91 Å². The Morgan fingerprint density at radius 3 is 2.29 bits per heavy atom. The first kappa shape index (κ1) is 22.6. The summed E-state index contributed by atoms with van der Waals surface area (Å²) in [6.45, 7) is 0. The van der Waals surface area contributed by atoms with Gasteiger partial charge in [0.2, 0.25) is 5.75 Å². The number of imidazole rings is 1. The zero-order valence-electron chi connectivity index (χ0n) is 18.8. The van der Waals surface area contributed by atoms with Crippen LogP contribution in [0.25, 0.3) is 27.8 Å². The third-order valence-corrected chi connectivity index (χ3v) is 5.33. The first-order valence-corrected chi connectivity index (χ1v) is 9.93. The van der Waals surface area contributed by atoms with Crippen molar-refractivity contribution in [1.82, 2.24) is 14.5 Å². The Balaban J connectivity index is 2.17. The molecular weight excluding hydrogens is 447 g/mol. The van der Waals surface area contributed by atoms with Crippen molar-refractivity contribution in [3.63, 3.8) is 0 Å². The Hall–Kier alpha value is -4.54. The Morgan fingerprint density at radius 1 is 1.00 bits per heavy atom. The van der Waals surface area contributed by atoms with Crippen LogP contribution >= 0.6 is 0 Å². The molecule has 0 fully saturated rings. The highest BCUT2D eigenvalue weighted by Gasteiger charge is 2.26. The van der Waals surface area contributed by atoms with E-state index in [4.69, 9.17) is 24.7 Å². The normalized spacial score (nSPS) is 10.9. The van der Waals surface area contributed by atoms with E-state index < -0.39 is 17.4 Å². The molecule has 0 unspecified atom stereocenters. The summed E-state index contributed by atoms with van der Waals surface area (Å²) < 4.78 is 37.6. The lowest BCUT2D eigenvalue weighted by Crippen LogP contribution is -2.16. The van der Waals surface area contributed by atoms with Gasteiger partial charge in [-0.1, -0.05) is 6.07 Å². The summed E-state index contributed by atoms with van der Waals surface area (Å²) >= 11 is 0. The van der Waals surface area contributed by atoms with Gasteiger partial charge in [0.1, 0.15) is 0 Å². The van der Waals surface area contributed by atoms with Crippen molar-refractivity contribution < 1.29 is 28.1 Å². The van der Waals surface area contributed by atoms with E-state index in [1.54, 1.807) is 18.2 Å². The van der Waals surface area contributed by atoms with Crippen LogP contribution in [0.3, 0.4) is 0 Å². The summed E-state index contributed by atoms with van der Waals surface area (Å²) in [6.07, 6.45) is 1.36. The number of carbonyl (C=O) groups excluding carboxylic acids is 1. The van der Waals surface area contributed by atoms with E-state index in [0.29, 0.717) is 16.6 Å². The van der Waals surface area contributed by atoms with E-state index in [0.717, 1.165) is 0 Å². The minimum Gasteiger partial charge on any atom is -0.494 e. The Morgan fingerprint density at radius 2 is 1.71 bits per heavy atom. The summed E-state index contributed by atoms with van der Waals surface area (Å²) in [4.78, 5) is 31.6. The van der Waals surface area contributed by atoms with Crippen molar-refractivity contribution in [3.8, 4) is 39.8 Å². The molecule has 176 valence electrons. The molecule has 0 bridgehead atoms. The van der Waals surface area contributed by atoms with Crippen LogP contribution in [-0.4, -0.2) is 48.9 Å². The van der Waals surface area contributed by atoms with Crippen molar-refractivity contribution in [2.24, 2.45) is 5.73 Å². The third kappa shape index (κ3) is 3.47. The number of fused-ring (bicyclic) bond motifs is 1. The Bertz CT molecular complexity index is 1480. The van der Waals surface area contributed by atoms with Crippen LogP contribution in [0.5, 0.6) is 23.0 Å². The second-order valence-corrected chi connectivity index (χ2v) is 7.07. The van der Waals surface area contributed by atoms with Gasteiger partial charge in [0.15, 0.2) is 28.8 Å². The van der Waals surface area contributed by atoms with Crippen LogP contribution in [0.1, 0.15) is 10.5 Å². The zero-order chi connectivity index (χ0) is 24.6. The first-order valence-electron chi connectivity index (χ1n) is 9.93. The number of ether oxygens (including phenoxy) is 4. The fourth-order valence-electron chi connectivity index (χ4n) is 3.88. The highest BCUT2D eigenvalue weighted by atomic mass is 19.1. The molecule has 11 heteroatoms. The predicted molar refractivity (Wildman–Crippen MR) is 122 cm³/mol. The van der Waals surface area contributed by atoms with E-state index in [9.17, 15) is 14.0 Å². The highest BCUT2D eigenvalue weighted by Crippen LogP contribution is 2.48. The molecule has 0 aliphatic carbocycles. The average Bonchev–Trinajstić information content (AvgIpc) is 3.17. The molecule has 0 saturated heterocycles. The number of aromatic nitrogens is 3. The molecule has 4 aromatic rings. The molecule has 0 atom stereocenters. The third-order valence-electron chi connectivity index (χ3n) is 5.33. The van der Waals surface area contributed by atoms with Gasteiger partial charge in [0.05, 0.1) is 50.7 Å². The van der Waals surface area contributed by atoms with Gasteiger partial charge in [-0.05, 0) is 23.8 Å². The lowest BCUT2D eigenvalue weighted by atomic mass is 10.00. The largest absolute Gasteiger partial charge is 0.494 e. The minimum atomic E-state index is -0.804. The van der Waals surface area contributed by atoms with Gasteiger partial charge in [-0.25, -0.2) is 14.2 Å². The van der Waals surface area contributed by atoms with Crippen molar-refractivity contribution in [3.05, 3.63) is 58.5 Å². The minimum absolute atomic E-state index is 0.0474. The van der Waals surface area contributed by atoms with E-state index >= 15 is 0 Å². The van der Waals surface area contributed by atoms with Crippen molar-refractivity contribution in [2.75, 3.05) is 28.4 Å². The molecule has 0 saturated carbocycles. The molecule has 2 heterocycles. The van der Waals surface area contributed by atoms with Crippen LogP contribution < -0.4 is 30.4 Å². The van der Waals surface area contributed by atoms with Gasteiger partial charge >= 0.3 is 5.69 Å². The van der Waals surface area contributed by atoms with E-state index in [2.05, 4.69) is 9.97 Å². The number of hydrogen-bond acceptors (Lipinski definition) is 7. The van der Waals surface area contributed by atoms with Gasteiger partial charge in [-0.15, -0.1) is 0 Å². The number of rotatable bonds is 7. The number of benzene rings is 2. The van der Waals surface area contributed by atoms with Crippen LogP contribution in [0, 0.1) is 5.82 Å². The quantitative estimate of drug-likeness (QED) is 0.426. The summed E-state index contributed by atoms with van der Waals surface area (Å²) in [6, 6.07) is 7.42. The number of nitrogens with zero attached hydrogens (tertiary/aromatic N) is 2. The van der Waals surface area contributed by atoms with Gasteiger partial charge in [0, 0.05) is 12.3 Å². The molecule has 10 nitrogen and oxygen atoms in total. The zero-order valence-corrected chi connectivity index (χ0v) is 18.8. The van der Waals surface area contributed by atoms with Crippen LogP contribution in [0.4, 0.5) is 4.39 Å². The van der Waals surface area contributed by atoms with Crippen molar-refractivity contribution in [2.45, 2.75) is 0 Å². The standard InChI is InChI=1S/C23H21FN4O6/c1-31-15-6-5-11(9-12(15)24)17-14(10-16(32-2)20(33-3)21(17)34-4)28-13-7-8-26-19(22(25)29)18(13)27-23(28)30/h5-10H,1-4H3,(H2,25,29)(H,27,30). The number of methoxy groups -OCH3 is 4. The molecule has 0 aliphatic heterocycles. The second-order valence-electron chi connectivity index (χ2n) is 7.07. The number of nitrogens with one attached hydrogen (secondary N) is 1. The van der Waals surface area contributed by atoms with Crippen LogP contribution in [0.2, 0.25) is 0 Å². The first-order chi connectivity index (χ1) is 16.4. The lowest BCUT2D eigenvalue weighted by Gasteiger charge is -2.20. The summed E-state index contributed by atoms with van der Waals surface area (Å²) in [5, 5.41) is 0. The molecular formula is C23H21FN4O6. The maximum atomic E-state index is 14.7. The van der Waals surface area contributed by atoms with E-state index in [-0.39, 0.29) is 39.9 Å². The smallest absolute Gasteiger partial charge is 0.331 e. The SMILES string of the molecule is COc1ccc(-c2c(-n3c(=O)[nH]c4c(C(N)=O)nccc43)cc(OC)c(OC)c2OC)cc1F. The number of pyridine rings is 1. The molecule has 2 aromatic heterocycles. The molecule has 3 N–H and O–H groups in total. The Labute approximate surface area is 192 Å². The second kappa shape index (κ2) is 8.77. The van der Waals surface area contributed by atoms with Gasteiger partial charge in [-0.2, -0.15) is 0 Å². The summed E-state index contributed by atoms with van der Waals surface area (Å²) in [5.74, 6) is -0.668. The maximum Gasteiger partial charge on any atom is 0.331 e.